The molecule has 0 unspecified atom stereocenters. The van der Waals surface area contributed by atoms with Crippen molar-refractivity contribution in [3.05, 3.63) is 23.5 Å². The zero-order valence-corrected chi connectivity index (χ0v) is 12.4. The average molecular weight is 294 g/mol. The summed E-state index contributed by atoms with van der Waals surface area (Å²) >= 11 is 0. The summed E-state index contributed by atoms with van der Waals surface area (Å²) in [5.41, 5.74) is 1.14. The fourth-order valence-electron chi connectivity index (χ4n) is 2.07. The first-order valence-electron chi connectivity index (χ1n) is 6.73. The molecule has 1 aromatic rings. The van der Waals surface area contributed by atoms with Gasteiger partial charge >= 0.3 is 13.4 Å². The largest absolute Gasteiger partial charge is 0.707 e. The molecule has 114 valence electrons. The van der Waals surface area contributed by atoms with Gasteiger partial charge in [0.15, 0.2) is 0 Å². The maximum atomic E-state index is 12.1. The third kappa shape index (κ3) is 4.34. The van der Waals surface area contributed by atoms with Gasteiger partial charge in [0.05, 0.1) is 12.7 Å². The van der Waals surface area contributed by atoms with Crippen molar-refractivity contribution in [3.63, 3.8) is 0 Å². The first kappa shape index (κ1) is 15.6. The Hall–Kier alpha value is -1.80. The van der Waals surface area contributed by atoms with Crippen LogP contribution in [0.4, 0.5) is 4.79 Å². The Labute approximate surface area is 123 Å². The second-order valence-electron chi connectivity index (χ2n) is 5.87. The van der Waals surface area contributed by atoms with Gasteiger partial charge in [-0.1, -0.05) is 0 Å². The molecule has 0 saturated carbocycles. The van der Waals surface area contributed by atoms with Gasteiger partial charge in [0.1, 0.15) is 11.4 Å². The summed E-state index contributed by atoms with van der Waals surface area (Å²) in [5, 5.41) is 17.6. The Kier molecular flexibility index (Phi) is 4.39. The first-order valence-corrected chi connectivity index (χ1v) is 6.73. The van der Waals surface area contributed by atoms with Crippen LogP contribution in [0, 0.1) is 0 Å². The number of hydrogen-bond acceptors (Lipinski definition) is 6. The smallest absolute Gasteiger partial charge is 0.511 e. The summed E-state index contributed by atoms with van der Waals surface area (Å²) in [5.74, 6) is 0.245. The SMILES string of the molecule is CC(C)(C)OC(=O)N1CCc2ncc(OB(O)O)cc2C1. The lowest BCUT2D eigenvalue weighted by molar-refractivity contribution is 0.0222. The van der Waals surface area contributed by atoms with Gasteiger partial charge in [-0.2, -0.15) is 0 Å². The van der Waals surface area contributed by atoms with Crippen LogP contribution in [0.3, 0.4) is 0 Å². The van der Waals surface area contributed by atoms with Gasteiger partial charge in [0.25, 0.3) is 0 Å². The van der Waals surface area contributed by atoms with Gasteiger partial charge in [-0.3, -0.25) is 4.98 Å². The molecule has 0 saturated heterocycles. The van der Waals surface area contributed by atoms with E-state index in [2.05, 4.69) is 4.98 Å². The van der Waals surface area contributed by atoms with Gasteiger partial charge in [-0.05, 0) is 32.4 Å². The number of amides is 1. The molecule has 0 bridgehead atoms. The van der Waals surface area contributed by atoms with Crippen molar-refractivity contribution in [1.29, 1.82) is 0 Å². The normalized spacial score (nSPS) is 14.4. The van der Waals surface area contributed by atoms with Crippen LogP contribution in [0.2, 0.25) is 0 Å². The fraction of sp³-hybridized carbons (Fsp3) is 0.538. The molecule has 8 heteroatoms. The number of fused-ring (bicyclic) bond motifs is 1. The Morgan fingerprint density at radius 1 is 1.43 bits per heavy atom. The van der Waals surface area contributed by atoms with Gasteiger partial charge < -0.3 is 24.3 Å². The van der Waals surface area contributed by atoms with Crippen molar-refractivity contribution in [2.75, 3.05) is 6.54 Å². The molecule has 0 aromatic carbocycles. The molecule has 0 aliphatic carbocycles. The highest BCUT2D eigenvalue weighted by Crippen LogP contribution is 2.23. The summed E-state index contributed by atoms with van der Waals surface area (Å²) in [6, 6.07) is 1.65. The van der Waals surface area contributed by atoms with Crippen molar-refractivity contribution in [3.8, 4) is 5.75 Å². The van der Waals surface area contributed by atoms with Gasteiger partial charge in [-0.15, -0.1) is 0 Å². The molecule has 0 fully saturated rings. The molecule has 1 aromatic heterocycles. The van der Waals surface area contributed by atoms with E-state index in [0.717, 1.165) is 11.3 Å². The number of pyridine rings is 1. The lowest BCUT2D eigenvalue weighted by Crippen LogP contribution is -2.40. The maximum Gasteiger partial charge on any atom is 0.707 e. The van der Waals surface area contributed by atoms with Gasteiger partial charge in [-0.25, -0.2) is 4.79 Å². The van der Waals surface area contributed by atoms with Crippen molar-refractivity contribution in [2.45, 2.75) is 39.3 Å². The predicted molar refractivity (Wildman–Crippen MR) is 75.4 cm³/mol. The van der Waals surface area contributed by atoms with Crippen LogP contribution in [-0.4, -0.2) is 45.5 Å². The summed E-state index contributed by atoms with van der Waals surface area (Å²) in [6.07, 6.45) is 1.68. The van der Waals surface area contributed by atoms with E-state index in [-0.39, 0.29) is 11.8 Å². The molecule has 2 rings (SSSR count). The number of aromatic nitrogens is 1. The molecular formula is C13H19BN2O5. The molecule has 1 aliphatic heterocycles. The highest BCUT2D eigenvalue weighted by Gasteiger charge is 2.26. The molecule has 21 heavy (non-hydrogen) atoms. The summed E-state index contributed by atoms with van der Waals surface area (Å²) in [6.45, 7) is 6.35. The Bertz CT molecular complexity index is 530. The summed E-state index contributed by atoms with van der Waals surface area (Å²) in [4.78, 5) is 17.9. The van der Waals surface area contributed by atoms with Crippen LogP contribution >= 0.6 is 0 Å². The third-order valence-corrected chi connectivity index (χ3v) is 2.91. The van der Waals surface area contributed by atoms with E-state index in [0.29, 0.717) is 19.5 Å². The van der Waals surface area contributed by atoms with E-state index in [4.69, 9.17) is 19.4 Å². The molecule has 0 spiro atoms. The van der Waals surface area contributed by atoms with Crippen LogP contribution in [0.5, 0.6) is 5.75 Å². The van der Waals surface area contributed by atoms with Crippen molar-refractivity contribution >= 4 is 13.4 Å². The van der Waals surface area contributed by atoms with E-state index in [1.165, 1.54) is 6.20 Å². The lowest BCUT2D eigenvalue weighted by atomic mass is 10.1. The van der Waals surface area contributed by atoms with E-state index < -0.39 is 12.9 Å². The van der Waals surface area contributed by atoms with Crippen LogP contribution in [0.25, 0.3) is 0 Å². The molecule has 0 radical (unpaired) electrons. The zero-order valence-electron chi connectivity index (χ0n) is 12.4. The number of hydrogen-bond donors (Lipinski definition) is 2. The van der Waals surface area contributed by atoms with Crippen molar-refractivity contribution in [2.24, 2.45) is 0 Å². The first-order chi connectivity index (χ1) is 9.74. The number of carbonyl (C=O) groups is 1. The number of ether oxygens (including phenoxy) is 1. The van der Waals surface area contributed by atoms with Crippen molar-refractivity contribution < 1.29 is 24.2 Å². The minimum absolute atomic E-state index is 0.245. The third-order valence-electron chi connectivity index (χ3n) is 2.91. The minimum Gasteiger partial charge on any atom is -0.511 e. The highest BCUT2D eigenvalue weighted by molar-refractivity contribution is 6.33. The molecule has 7 nitrogen and oxygen atoms in total. The lowest BCUT2D eigenvalue weighted by Gasteiger charge is -2.30. The minimum atomic E-state index is -1.89. The van der Waals surface area contributed by atoms with Crippen molar-refractivity contribution in [1.82, 2.24) is 9.88 Å². The van der Waals surface area contributed by atoms with E-state index in [1.807, 2.05) is 20.8 Å². The van der Waals surface area contributed by atoms with Gasteiger partial charge in [0.2, 0.25) is 0 Å². The second kappa shape index (κ2) is 5.91. The fourth-order valence-corrected chi connectivity index (χ4v) is 2.07. The molecular weight excluding hydrogens is 275 g/mol. The van der Waals surface area contributed by atoms with E-state index in [9.17, 15) is 4.79 Å². The maximum absolute atomic E-state index is 12.1. The Morgan fingerprint density at radius 2 is 2.14 bits per heavy atom. The highest BCUT2D eigenvalue weighted by atomic mass is 16.6. The number of nitrogens with zero attached hydrogens (tertiary/aromatic N) is 2. The number of rotatable bonds is 2. The van der Waals surface area contributed by atoms with Crippen LogP contribution < -0.4 is 4.65 Å². The molecule has 2 heterocycles. The topological polar surface area (TPSA) is 92.1 Å². The zero-order chi connectivity index (χ0) is 15.6. The summed E-state index contributed by atoms with van der Waals surface area (Å²) < 4.78 is 10.1. The molecule has 0 atom stereocenters. The predicted octanol–water partition coefficient (Wildman–Crippen LogP) is 0.723. The van der Waals surface area contributed by atoms with Gasteiger partial charge in [0, 0.05) is 18.7 Å². The molecule has 1 aliphatic rings. The summed E-state index contributed by atoms with van der Waals surface area (Å²) in [7, 11) is -1.89. The Morgan fingerprint density at radius 3 is 2.76 bits per heavy atom. The quantitative estimate of drug-likeness (QED) is 0.781. The van der Waals surface area contributed by atoms with Crippen LogP contribution in [0.15, 0.2) is 12.3 Å². The van der Waals surface area contributed by atoms with Crippen LogP contribution in [0.1, 0.15) is 32.0 Å². The standard InChI is InChI=1S/C13H19BN2O5/c1-13(2,3)20-12(17)16-5-4-11-9(8-16)6-10(7-15-11)21-14(18)19/h6-7,18-19H,4-5,8H2,1-3H3. The van der Waals surface area contributed by atoms with E-state index >= 15 is 0 Å². The second-order valence-corrected chi connectivity index (χ2v) is 5.87. The van der Waals surface area contributed by atoms with Crippen LogP contribution in [-0.2, 0) is 17.7 Å². The van der Waals surface area contributed by atoms with E-state index in [1.54, 1.807) is 11.0 Å². The monoisotopic (exact) mass is 294 g/mol. The molecule has 1 amide bonds. The Balaban J connectivity index is 2.09. The average Bonchev–Trinajstić information content (AvgIpc) is 2.35. The number of carbonyl (C=O) groups excluding carboxylic acids is 1. The molecule has 2 N–H and O–H groups in total.